The second-order valence-electron chi connectivity index (χ2n) is 1.29. The van der Waals surface area contributed by atoms with Gasteiger partial charge in [-0.05, 0) is 5.57 Å². The molecule has 0 fully saturated rings. The predicted molar refractivity (Wildman–Crippen MR) is 50.1 cm³/mol. The van der Waals surface area contributed by atoms with Crippen LogP contribution in [0.3, 0.4) is 0 Å². The zero-order valence-corrected chi connectivity index (χ0v) is 7.52. The summed E-state index contributed by atoms with van der Waals surface area (Å²) in [6.45, 7) is 11.7. The molecule has 58 valence electrons. The third-order valence-electron chi connectivity index (χ3n) is 0.732. The Labute approximate surface area is 65.0 Å². The average Bonchev–Trinajstić information content (AvgIpc) is 2.48. The summed E-state index contributed by atoms with van der Waals surface area (Å²) in [5.41, 5.74) is 1.09. The van der Waals surface area contributed by atoms with Gasteiger partial charge in [0.15, 0.2) is 0 Å². The highest BCUT2D eigenvalue weighted by Gasteiger charge is 1.80. The van der Waals surface area contributed by atoms with Crippen molar-refractivity contribution in [2.75, 3.05) is 0 Å². The molecule has 10 heavy (non-hydrogen) atoms. The van der Waals surface area contributed by atoms with Gasteiger partial charge in [0.2, 0.25) is 0 Å². The van der Waals surface area contributed by atoms with E-state index < -0.39 is 0 Å². The van der Waals surface area contributed by atoms with E-state index in [0.29, 0.717) is 0 Å². The van der Waals surface area contributed by atoms with Gasteiger partial charge in [0.05, 0.1) is 0 Å². The number of rotatable bonds is 0. The van der Waals surface area contributed by atoms with Crippen LogP contribution in [0.15, 0.2) is 36.5 Å². The number of allylic oxidation sites excluding steroid dienone is 5. The molecule has 0 bridgehead atoms. The van der Waals surface area contributed by atoms with E-state index in [1.807, 2.05) is 52.0 Å². The molecule has 0 amide bonds. The van der Waals surface area contributed by atoms with Crippen molar-refractivity contribution in [2.24, 2.45) is 0 Å². The minimum absolute atomic E-state index is 1.09. The van der Waals surface area contributed by atoms with Crippen molar-refractivity contribution in [3.05, 3.63) is 36.5 Å². The summed E-state index contributed by atoms with van der Waals surface area (Å²) >= 11 is 0. The highest BCUT2D eigenvalue weighted by molar-refractivity contribution is 5.37. The topological polar surface area (TPSA) is 0 Å². The first-order valence-electron chi connectivity index (χ1n) is 3.93. The minimum atomic E-state index is 1.09. The summed E-state index contributed by atoms with van der Waals surface area (Å²) in [5.74, 6) is 0. The Morgan fingerprint density at radius 3 is 1.30 bits per heavy atom. The van der Waals surface area contributed by atoms with E-state index in [0.717, 1.165) is 5.57 Å². The molecule has 0 aromatic rings. The first-order chi connectivity index (χ1) is 4.89. The van der Waals surface area contributed by atoms with Gasteiger partial charge in [0, 0.05) is 0 Å². The van der Waals surface area contributed by atoms with Crippen LogP contribution < -0.4 is 0 Å². The van der Waals surface area contributed by atoms with Crippen molar-refractivity contribution < 1.29 is 0 Å². The SMILES string of the molecule is C=C1C=CC=C1.CC.CC. The lowest BCUT2D eigenvalue weighted by atomic mass is 10.4. The Hall–Kier alpha value is -0.780. The van der Waals surface area contributed by atoms with Crippen LogP contribution in [0.5, 0.6) is 0 Å². The lowest BCUT2D eigenvalue weighted by molar-refractivity contribution is 1.50. The molecule has 0 heteroatoms. The molecular weight excluding hydrogens is 120 g/mol. The molecular formula is C10H18. The van der Waals surface area contributed by atoms with Crippen LogP contribution in [0.1, 0.15) is 27.7 Å². The van der Waals surface area contributed by atoms with Crippen molar-refractivity contribution >= 4 is 0 Å². The third kappa shape index (κ3) is 7.22. The van der Waals surface area contributed by atoms with Crippen LogP contribution in [0.25, 0.3) is 0 Å². The zero-order chi connectivity index (χ0) is 8.41. The molecule has 0 aliphatic heterocycles. The fourth-order valence-corrected chi connectivity index (χ4v) is 0.414. The fraction of sp³-hybridized carbons (Fsp3) is 0.400. The van der Waals surface area contributed by atoms with Crippen molar-refractivity contribution in [3.63, 3.8) is 0 Å². The second-order valence-corrected chi connectivity index (χ2v) is 1.29. The van der Waals surface area contributed by atoms with Gasteiger partial charge in [-0.15, -0.1) is 0 Å². The predicted octanol–water partition coefficient (Wildman–Crippen LogP) is 3.72. The van der Waals surface area contributed by atoms with Gasteiger partial charge in [-0.2, -0.15) is 0 Å². The average molecular weight is 138 g/mol. The first-order valence-corrected chi connectivity index (χ1v) is 3.93. The van der Waals surface area contributed by atoms with Gasteiger partial charge < -0.3 is 0 Å². The molecule has 1 aliphatic carbocycles. The molecule has 0 nitrogen and oxygen atoms in total. The maximum absolute atomic E-state index is 3.68. The lowest BCUT2D eigenvalue weighted by Crippen LogP contribution is -1.50. The van der Waals surface area contributed by atoms with E-state index in [4.69, 9.17) is 0 Å². The maximum atomic E-state index is 3.68. The van der Waals surface area contributed by atoms with E-state index in [2.05, 4.69) is 6.58 Å². The second kappa shape index (κ2) is 11.1. The summed E-state index contributed by atoms with van der Waals surface area (Å²) in [6, 6.07) is 0. The van der Waals surface area contributed by atoms with Crippen molar-refractivity contribution in [1.29, 1.82) is 0 Å². The quantitative estimate of drug-likeness (QED) is 0.478. The highest BCUT2D eigenvalue weighted by atomic mass is 13.9. The minimum Gasteiger partial charge on any atom is -0.0918 e. The molecule has 0 unspecified atom stereocenters. The third-order valence-corrected chi connectivity index (χ3v) is 0.732. The Kier molecular flexibility index (Phi) is 13.2. The highest BCUT2D eigenvalue weighted by Crippen LogP contribution is 2.01. The fourth-order valence-electron chi connectivity index (χ4n) is 0.414. The summed E-state index contributed by atoms with van der Waals surface area (Å²) < 4.78 is 0. The zero-order valence-electron chi connectivity index (χ0n) is 7.52. The molecule has 0 spiro atoms. The van der Waals surface area contributed by atoms with Crippen LogP contribution in [0.4, 0.5) is 0 Å². The monoisotopic (exact) mass is 138 g/mol. The Morgan fingerprint density at radius 2 is 1.20 bits per heavy atom. The number of hydrogen-bond acceptors (Lipinski definition) is 0. The van der Waals surface area contributed by atoms with Crippen molar-refractivity contribution in [1.82, 2.24) is 0 Å². The van der Waals surface area contributed by atoms with E-state index in [1.54, 1.807) is 0 Å². The molecule has 0 aromatic heterocycles. The van der Waals surface area contributed by atoms with Gasteiger partial charge in [-0.3, -0.25) is 0 Å². The molecule has 1 aliphatic rings. The van der Waals surface area contributed by atoms with E-state index >= 15 is 0 Å². The van der Waals surface area contributed by atoms with Crippen LogP contribution in [0, 0.1) is 0 Å². The van der Waals surface area contributed by atoms with Crippen LogP contribution in [-0.2, 0) is 0 Å². The smallest absolute Gasteiger partial charge is 0.0329 e. The van der Waals surface area contributed by atoms with Crippen molar-refractivity contribution in [3.8, 4) is 0 Å². The summed E-state index contributed by atoms with van der Waals surface area (Å²) in [7, 11) is 0. The van der Waals surface area contributed by atoms with Crippen LogP contribution >= 0.6 is 0 Å². The largest absolute Gasteiger partial charge is 0.0918 e. The summed E-state index contributed by atoms with van der Waals surface area (Å²) in [6.07, 6.45) is 7.89. The van der Waals surface area contributed by atoms with Gasteiger partial charge >= 0.3 is 0 Å². The molecule has 0 saturated carbocycles. The Balaban J connectivity index is 0. The molecule has 0 N–H and O–H groups in total. The van der Waals surface area contributed by atoms with E-state index in [1.165, 1.54) is 0 Å². The Bertz CT molecular complexity index is 102. The maximum Gasteiger partial charge on any atom is -0.0329 e. The Morgan fingerprint density at radius 1 is 0.900 bits per heavy atom. The normalized spacial score (nSPS) is 11.4. The molecule has 0 atom stereocenters. The summed E-state index contributed by atoms with van der Waals surface area (Å²) in [4.78, 5) is 0. The van der Waals surface area contributed by atoms with E-state index in [9.17, 15) is 0 Å². The van der Waals surface area contributed by atoms with Crippen molar-refractivity contribution in [2.45, 2.75) is 27.7 Å². The molecule has 0 aromatic carbocycles. The molecule has 0 radical (unpaired) electrons. The van der Waals surface area contributed by atoms with Crippen LogP contribution in [-0.4, -0.2) is 0 Å². The number of hydrogen-bond donors (Lipinski definition) is 0. The van der Waals surface area contributed by atoms with Gasteiger partial charge in [-0.1, -0.05) is 58.6 Å². The summed E-state index contributed by atoms with van der Waals surface area (Å²) in [5, 5.41) is 0. The first kappa shape index (κ1) is 12.0. The molecule has 0 saturated heterocycles. The molecule has 1 rings (SSSR count). The van der Waals surface area contributed by atoms with Gasteiger partial charge in [-0.25, -0.2) is 0 Å². The van der Waals surface area contributed by atoms with Crippen LogP contribution in [0.2, 0.25) is 0 Å². The van der Waals surface area contributed by atoms with E-state index in [-0.39, 0.29) is 0 Å². The molecule has 0 heterocycles. The standard InChI is InChI=1S/C6H6.2C2H6/c1-6-4-2-3-5-6;2*1-2/h2-5H,1H2;2*1-2H3. The lowest BCUT2D eigenvalue weighted by Gasteiger charge is -1.71. The van der Waals surface area contributed by atoms with Gasteiger partial charge in [0.25, 0.3) is 0 Å². The van der Waals surface area contributed by atoms with Gasteiger partial charge in [0.1, 0.15) is 0 Å².